The lowest BCUT2D eigenvalue weighted by atomic mass is 10.3. The van der Waals surface area contributed by atoms with Gasteiger partial charge in [-0.2, -0.15) is 5.10 Å². The number of halogens is 1. The molecule has 0 saturated heterocycles. The third kappa shape index (κ3) is 2.18. The second-order valence-corrected chi connectivity index (χ2v) is 4.40. The molecule has 60 valence electrons. The maximum Gasteiger partial charge on any atom is 0.0623 e. The second kappa shape index (κ2) is 3.13. The lowest BCUT2D eigenvalue weighted by Crippen LogP contribution is -1.98. The Balaban J connectivity index is 1.85. The molecule has 1 fully saturated rings. The van der Waals surface area contributed by atoms with Crippen LogP contribution in [0, 0.1) is 9.49 Å². The largest absolute Gasteiger partial charge is 0.272 e. The van der Waals surface area contributed by atoms with E-state index < -0.39 is 0 Å². The van der Waals surface area contributed by atoms with E-state index in [9.17, 15) is 0 Å². The Kier molecular flexibility index (Phi) is 2.16. The van der Waals surface area contributed by atoms with E-state index >= 15 is 0 Å². The minimum atomic E-state index is 1.01. The van der Waals surface area contributed by atoms with E-state index in [1.165, 1.54) is 22.8 Å². The number of aryl methyl sites for hydroxylation is 1. The molecule has 0 aromatic carbocycles. The molecule has 0 radical (unpaired) electrons. The maximum atomic E-state index is 4.22. The van der Waals surface area contributed by atoms with Crippen molar-refractivity contribution in [1.29, 1.82) is 0 Å². The molecule has 0 aliphatic heterocycles. The average molecular weight is 262 g/mol. The molecule has 1 aliphatic carbocycles. The van der Waals surface area contributed by atoms with Gasteiger partial charge in [-0.05, 0) is 34.9 Å². The van der Waals surface area contributed by atoms with E-state index in [1.54, 1.807) is 0 Å². The summed E-state index contributed by atoms with van der Waals surface area (Å²) in [6.45, 7) is 1.10. The molecule has 1 saturated carbocycles. The molecule has 0 unspecified atom stereocenters. The summed E-state index contributed by atoms with van der Waals surface area (Å²) in [4.78, 5) is 0. The van der Waals surface area contributed by atoms with Crippen LogP contribution in [0.15, 0.2) is 12.4 Å². The van der Waals surface area contributed by atoms with Crippen LogP contribution in [0.25, 0.3) is 0 Å². The van der Waals surface area contributed by atoms with Gasteiger partial charge < -0.3 is 0 Å². The van der Waals surface area contributed by atoms with E-state index in [0.717, 1.165) is 12.5 Å². The molecule has 1 aliphatic rings. The fraction of sp³-hybridized carbons (Fsp3) is 0.625. The van der Waals surface area contributed by atoms with Gasteiger partial charge in [0.2, 0.25) is 0 Å². The summed E-state index contributed by atoms with van der Waals surface area (Å²) in [5, 5.41) is 4.22. The zero-order valence-electron chi connectivity index (χ0n) is 6.33. The number of hydrogen-bond donors (Lipinski definition) is 0. The Bertz CT molecular complexity index is 240. The van der Waals surface area contributed by atoms with Gasteiger partial charge >= 0.3 is 0 Å². The molecular formula is C8H11IN2. The summed E-state index contributed by atoms with van der Waals surface area (Å²) >= 11 is 2.29. The van der Waals surface area contributed by atoms with Crippen molar-refractivity contribution in [2.45, 2.75) is 25.8 Å². The summed E-state index contributed by atoms with van der Waals surface area (Å²) in [6.07, 6.45) is 8.21. The molecule has 0 spiro atoms. The summed E-state index contributed by atoms with van der Waals surface area (Å²) in [5.41, 5.74) is 0. The Morgan fingerprint density at radius 2 is 2.45 bits per heavy atom. The van der Waals surface area contributed by atoms with E-state index in [2.05, 4.69) is 33.9 Å². The fourth-order valence-electron chi connectivity index (χ4n) is 1.18. The van der Waals surface area contributed by atoms with Crippen LogP contribution in [0.2, 0.25) is 0 Å². The molecule has 1 heterocycles. The van der Waals surface area contributed by atoms with Crippen molar-refractivity contribution in [2.75, 3.05) is 0 Å². The standard InChI is InChI=1S/C8H11IN2/c9-8-5-10-11(6-8)4-3-7-1-2-7/h5-7H,1-4H2. The van der Waals surface area contributed by atoms with Crippen molar-refractivity contribution in [3.8, 4) is 0 Å². The SMILES string of the molecule is Ic1cnn(CCC2CC2)c1. The Labute approximate surface area is 80.1 Å². The summed E-state index contributed by atoms with van der Waals surface area (Å²) in [7, 11) is 0. The van der Waals surface area contributed by atoms with Crippen LogP contribution in [0.3, 0.4) is 0 Å². The zero-order chi connectivity index (χ0) is 7.68. The van der Waals surface area contributed by atoms with Gasteiger partial charge in [-0.3, -0.25) is 4.68 Å². The molecule has 0 bridgehead atoms. The molecule has 3 heteroatoms. The number of aromatic nitrogens is 2. The van der Waals surface area contributed by atoms with Crippen molar-refractivity contribution >= 4 is 22.6 Å². The quantitative estimate of drug-likeness (QED) is 0.764. The third-order valence-electron chi connectivity index (χ3n) is 2.07. The Morgan fingerprint density at radius 1 is 1.64 bits per heavy atom. The normalized spacial score (nSPS) is 17.2. The van der Waals surface area contributed by atoms with Crippen molar-refractivity contribution in [3.63, 3.8) is 0 Å². The molecule has 2 nitrogen and oxygen atoms in total. The number of hydrogen-bond acceptors (Lipinski definition) is 1. The highest BCUT2D eigenvalue weighted by Crippen LogP contribution is 2.32. The van der Waals surface area contributed by atoms with Crippen LogP contribution >= 0.6 is 22.6 Å². The highest BCUT2D eigenvalue weighted by Gasteiger charge is 2.20. The van der Waals surface area contributed by atoms with Gasteiger partial charge in [0.1, 0.15) is 0 Å². The van der Waals surface area contributed by atoms with Crippen LogP contribution < -0.4 is 0 Å². The Hall–Kier alpha value is -0.0600. The molecule has 1 aromatic rings. The number of nitrogens with zero attached hydrogens (tertiary/aromatic N) is 2. The fourth-order valence-corrected chi connectivity index (χ4v) is 1.63. The smallest absolute Gasteiger partial charge is 0.0623 e. The first-order chi connectivity index (χ1) is 5.34. The summed E-state index contributed by atoms with van der Waals surface area (Å²) < 4.78 is 3.28. The zero-order valence-corrected chi connectivity index (χ0v) is 8.49. The molecule has 0 atom stereocenters. The highest BCUT2D eigenvalue weighted by atomic mass is 127. The summed E-state index contributed by atoms with van der Waals surface area (Å²) in [6, 6.07) is 0. The van der Waals surface area contributed by atoms with Crippen LogP contribution in [-0.2, 0) is 6.54 Å². The second-order valence-electron chi connectivity index (χ2n) is 3.15. The molecule has 0 N–H and O–H groups in total. The predicted octanol–water partition coefficient (Wildman–Crippen LogP) is 2.29. The van der Waals surface area contributed by atoms with E-state index in [4.69, 9.17) is 0 Å². The third-order valence-corrected chi connectivity index (χ3v) is 2.62. The highest BCUT2D eigenvalue weighted by molar-refractivity contribution is 14.1. The first-order valence-electron chi connectivity index (χ1n) is 4.02. The van der Waals surface area contributed by atoms with Gasteiger partial charge in [-0.15, -0.1) is 0 Å². The molecular weight excluding hydrogens is 251 g/mol. The average Bonchev–Trinajstić information content (AvgIpc) is 2.72. The predicted molar refractivity (Wildman–Crippen MR) is 52.3 cm³/mol. The van der Waals surface area contributed by atoms with Gasteiger partial charge in [0.15, 0.2) is 0 Å². The molecule has 0 amide bonds. The summed E-state index contributed by atoms with van der Waals surface area (Å²) in [5.74, 6) is 1.01. The van der Waals surface area contributed by atoms with E-state index in [0.29, 0.717) is 0 Å². The van der Waals surface area contributed by atoms with Crippen molar-refractivity contribution < 1.29 is 0 Å². The monoisotopic (exact) mass is 262 g/mol. The van der Waals surface area contributed by atoms with Gasteiger partial charge in [0, 0.05) is 12.7 Å². The van der Waals surface area contributed by atoms with Crippen LogP contribution in [0.1, 0.15) is 19.3 Å². The number of rotatable bonds is 3. The van der Waals surface area contributed by atoms with Gasteiger partial charge in [-0.25, -0.2) is 0 Å². The van der Waals surface area contributed by atoms with Gasteiger partial charge in [-0.1, -0.05) is 12.8 Å². The van der Waals surface area contributed by atoms with Crippen LogP contribution in [-0.4, -0.2) is 9.78 Å². The molecule has 2 rings (SSSR count). The maximum absolute atomic E-state index is 4.22. The van der Waals surface area contributed by atoms with E-state index in [-0.39, 0.29) is 0 Å². The molecule has 1 aromatic heterocycles. The van der Waals surface area contributed by atoms with Crippen molar-refractivity contribution in [3.05, 3.63) is 16.0 Å². The first kappa shape index (κ1) is 7.58. The van der Waals surface area contributed by atoms with Crippen molar-refractivity contribution in [2.24, 2.45) is 5.92 Å². The van der Waals surface area contributed by atoms with E-state index in [1.807, 2.05) is 10.9 Å². The Morgan fingerprint density at radius 3 is 3.00 bits per heavy atom. The van der Waals surface area contributed by atoms with Gasteiger partial charge in [0.25, 0.3) is 0 Å². The minimum absolute atomic E-state index is 1.01. The topological polar surface area (TPSA) is 17.8 Å². The minimum Gasteiger partial charge on any atom is -0.272 e. The van der Waals surface area contributed by atoms with Crippen LogP contribution in [0.5, 0.6) is 0 Å². The first-order valence-corrected chi connectivity index (χ1v) is 5.10. The molecule has 11 heavy (non-hydrogen) atoms. The van der Waals surface area contributed by atoms with Gasteiger partial charge in [0.05, 0.1) is 9.77 Å². The lowest BCUT2D eigenvalue weighted by molar-refractivity contribution is 0.546. The lowest BCUT2D eigenvalue weighted by Gasteiger charge is -1.97. The van der Waals surface area contributed by atoms with Crippen LogP contribution in [0.4, 0.5) is 0 Å². The van der Waals surface area contributed by atoms with Crippen molar-refractivity contribution in [1.82, 2.24) is 9.78 Å².